The molecule has 196 valence electrons. The van der Waals surface area contributed by atoms with Gasteiger partial charge in [-0.25, -0.2) is 4.98 Å². The van der Waals surface area contributed by atoms with E-state index in [0.717, 1.165) is 11.4 Å². The van der Waals surface area contributed by atoms with Crippen LogP contribution >= 0.6 is 23.2 Å². The van der Waals surface area contributed by atoms with E-state index in [1.807, 2.05) is 9.80 Å². The normalized spacial score (nSPS) is 20.5. The molecule has 0 saturated carbocycles. The Morgan fingerprint density at radius 2 is 1.97 bits per heavy atom. The van der Waals surface area contributed by atoms with E-state index in [-0.39, 0.29) is 18.0 Å². The Hall–Kier alpha value is -3.28. The second kappa shape index (κ2) is 10.6. The van der Waals surface area contributed by atoms with Crippen LogP contribution in [0.15, 0.2) is 29.9 Å². The molecule has 1 amide bonds. The van der Waals surface area contributed by atoms with Gasteiger partial charge in [-0.1, -0.05) is 29.8 Å². The SMILES string of the molecule is C=CC(=O)N[C@H]1CCOC[C@H]1Nc1ncc2c(n1)N1CCN=C1N(c1c(Cl)c(OC)cc(OC)c1Cl)C2. The number of rotatable bonds is 7. The molecule has 37 heavy (non-hydrogen) atoms. The van der Waals surface area contributed by atoms with E-state index in [2.05, 4.69) is 22.2 Å². The van der Waals surface area contributed by atoms with Gasteiger partial charge in [-0.05, 0) is 12.5 Å². The van der Waals surface area contributed by atoms with Crippen molar-refractivity contribution in [3.05, 3.63) is 40.5 Å². The van der Waals surface area contributed by atoms with Crippen LogP contribution in [0.2, 0.25) is 10.0 Å². The van der Waals surface area contributed by atoms with Crippen molar-refractivity contribution in [2.24, 2.45) is 4.99 Å². The lowest BCUT2D eigenvalue weighted by molar-refractivity contribution is -0.117. The molecule has 0 aliphatic carbocycles. The minimum Gasteiger partial charge on any atom is -0.495 e. The van der Waals surface area contributed by atoms with Crippen molar-refractivity contribution in [1.29, 1.82) is 0 Å². The summed E-state index contributed by atoms with van der Waals surface area (Å²) in [5.74, 6) is 2.51. The van der Waals surface area contributed by atoms with Gasteiger partial charge in [-0.15, -0.1) is 0 Å². The summed E-state index contributed by atoms with van der Waals surface area (Å²) in [4.78, 5) is 29.9. The molecule has 0 unspecified atom stereocenters. The molecule has 11 nitrogen and oxygen atoms in total. The summed E-state index contributed by atoms with van der Waals surface area (Å²) < 4.78 is 16.5. The molecule has 1 aromatic carbocycles. The lowest BCUT2D eigenvalue weighted by atomic mass is 10.0. The van der Waals surface area contributed by atoms with E-state index < -0.39 is 0 Å². The molecular weight excluding hydrogens is 521 g/mol. The zero-order valence-corrected chi connectivity index (χ0v) is 22.0. The first-order valence-corrected chi connectivity index (χ1v) is 12.5. The highest BCUT2D eigenvalue weighted by atomic mass is 35.5. The Morgan fingerprint density at radius 1 is 1.22 bits per heavy atom. The zero-order chi connectivity index (χ0) is 26.1. The quantitative estimate of drug-likeness (QED) is 0.505. The van der Waals surface area contributed by atoms with E-state index in [0.29, 0.717) is 78.4 Å². The highest BCUT2D eigenvalue weighted by molar-refractivity contribution is 6.42. The molecule has 0 radical (unpaired) electrons. The molecular formula is C24H27Cl2N7O4. The van der Waals surface area contributed by atoms with Crippen LogP contribution in [0, 0.1) is 0 Å². The van der Waals surface area contributed by atoms with Gasteiger partial charge in [-0.3, -0.25) is 14.7 Å². The molecule has 4 heterocycles. The lowest BCUT2D eigenvalue weighted by Gasteiger charge is -2.37. The standard InChI is InChI=1S/C24H27Cl2N7O4/c1-4-18(34)29-14-5-8-37-12-15(14)30-23-28-10-13-11-33(24-27-6-7-32(24)22(13)31-23)21-19(25)16(35-2)9-17(36-3)20(21)26/h4,9-10,14-15H,1,5-8,11-12H2,2-3H3,(H,29,34)(H,28,30,31)/t14-,15+/m0/s1. The van der Waals surface area contributed by atoms with Crippen molar-refractivity contribution in [1.82, 2.24) is 15.3 Å². The smallest absolute Gasteiger partial charge is 0.243 e. The molecule has 0 bridgehead atoms. The predicted molar refractivity (Wildman–Crippen MR) is 142 cm³/mol. The Balaban J connectivity index is 1.46. The van der Waals surface area contributed by atoms with E-state index in [9.17, 15) is 4.79 Å². The number of hydrogen-bond acceptors (Lipinski definition) is 10. The number of aliphatic imine (C=N–C) groups is 1. The molecule has 3 aliphatic heterocycles. The van der Waals surface area contributed by atoms with E-state index in [1.54, 1.807) is 12.3 Å². The van der Waals surface area contributed by atoms with Crippen LogP contribution in [0.25, 0.3) is 0 Å². The third kappa shape index (κ3) is 4.74. The van der Waals surface area contributed by atoms with Crippen LogP contribution < -0.4 is 29.9 Å². The number of ether oxygens (including phenoxy) is 3. The largest absolute Gasteiger partial charge is 0.495 e. The first-order valence-electron chi connectivity index (χ1n) is 11.8. The topological polar surface area (TPSA) is 113 Å². The van der Waals surface area contributed by atoms with Gasteiger partial charge >= 0.3 is 0 Å². The average molecular weight is 548 g/mol. The minimum absolute atomic E-state index is 0.134. The molecule has 2 aromatic rings. The molecule has 1 aromatic heterocycles. The summed E-state index contributed by atoms with van der Waals surface area (Å²) in [5.41, 5.74) is 1.41. The van der Waals surface area contributed by atoms with Crippen LogP contribution in [0.5, 0.6) is 11.5 Å². The number of guanidine groups is 1. The van der Waals surface area contributed by atoms with E-state index >= 15 is 0 Å². The Kier molecular flexibility index (Phi) is 7.27. The number of fused-ring (bicyclic) bond motifs is 3. The van der Waals surface area contributed by atoms with Crippen molar-refractivity contribution < 1.29 is 19.0 Å². The van der Waals surface area contributed by atoms with Gasteiger partial charge in [0.25, 0.3) is 0 Å². The molecule has 0 spiro atoms. The van der Waals surface area contributed by atoms with Crippen molar-refractivity contribution in [3.8, 4) is 11.5 Å². The Morgan fingerprint density at radius 3 is 2.68 bits per heavy atom. The van der Waals surface area contributed by atoms with E-state index in [1.165, 1.54) is 20.3 Å². The maximum absolute atomic E-state index is 11.9. The molecule has 2 atom stereocenters. The number of carbonyl (C=O) groups excluding carboxylic acids is 1. The number of nitrogens with one attached hydrogen (secondary N) is 2. The Bertz CT molecular complexity index is 1230. The van der Waals surface area contributed by atoms with Gasteiger partial charge in [-0.2, -0.15) is 4.98 Å². The van der Waals surface area contributed by atoms with E-state index in [4.69, 9.17) is 47.4 Å². The fraction of sp³-hybridized carbons (Fsp3) is 0.417. The first-order chi connectivity index (χ1) is 17.9. The van der Waals surface area contributed by atoms with Crippen LogP contribution in [0.3, 0.4) is 0 Å². The number of nitrogens with zero attached hydrogens (tertiary/aromatic N) is 5. The summed E-state index contributed by atoms with van der Waals surface area (Å²) in [6.07, 6.45) is 3.71. The van der Waals surface area contributed by atoms with Crippen molar-refractivity contribution in [2.75, 3.05) is 55.6 Å². The van der Waals surface area contributed by atoms with Gasteiger partial charge in [0, 0.05) is 31.0 Å². The maximum Gasteiger partial charge on any atom is 0.243 e. The maximum atomic E-state index is 11.9. The fourth-order valence-corrected chi connectivity index (χ4v) is 5.37. The highest BCUT2D eigenvalue weighted by Gasteiger charge is 2.37. The summed E-state index contributed by atoms with van der Waals surface area (Å²) >= 11 is 13.4. The minimum atomic E-state index is -0.227. The molecule has 2 N–H and O–H groups in total. The van der Waals surface area contributed by atoms with Crippen LogP contribution in [-0.2, 0) is 16.1 Å². The number of aromatic nitrogens is 2. The monoisotopic (exact) mass is 547 g/mol. The molecule has 5 rings (SSSR count). The van der Waals surface area contributed by atoms with Gasteiger partial charge < -0.3 is 29.7 Å². The predicted octanol–water partition coefficient (Wildman–Crippen LogP) is 2.87. The highest BCUT2D eigenvalue weighted by Crippen LogP contribution is 2.48. The fourth-order valence-electron chi connectivity index (χ4n) is 4.67. The first kappa shape index (κ1) is 25.4. The lowest BCUT2D eigenvalue weighted by Crippen LogP contribution is -2.52. The zero-order valence-electron chi connectivity index (χ0n) is 20.5. The van der Waals surface area contributed by atoms with Crippen LogP contribution in [0.4, 0.5) is 17.5 Å². The number of methoxy groups -OCH3 is 2. The van der Waals surface area contributed by atoms with Crippen molar-refractivity contribution in [3.63, 3.8) is 0 Å². The third-order valence-electron chi connectivity index (χ3n) is 6.49. The van der Waals surface area contributed by atoms with Crippen molar-refractivity contribution in [2.45, 2.75) is 25.0 Å². The summed E-state index contributed by atoms with van der Waals surface area (Å²) in [5, 5.41) is 7.00. The third-order valence-corrected chi connectivity index (χ3v) is 7.22. The summed E-state index contributed by atoms with van der Waals surface area (Å²) in [6, 6.07) is 1.33. The number of carbonyl (C=O) groups is 1. The van der Waals surface area contributed by atoms with Gasteiger partial charge in [0.2, 0.25) is 17.8 Å². The number of anilines is 3. The molecule has 1 saturated heterocycles. The number of halogens is 2. The average Bonchev–Trinajstić information content (AvgIpc) is 3.41. The molecule has 13 heteroatoms. The van der Waals surface area contributed by atoms with Gasteiger partial charge in [0.05, 0.1) is 51.7 Å². The second-order valence-electron chi connectivity index (χ2n) is 8.65. The van der Waals surface area contributed by atoms with Gasteiger partial charge in [0.1, 0.15) is 27.4 Å². The molecule has 1 fully saturated rings. The van der Waals surface area contributed by atoms with Crippen LogP contribution in [0.1, 0.15) is 12.0 Å². The Labute approximate surface area is 224 Å². The van der Waals surface area contributed by atoms with Crippen LogP contribution in [-0.4, -0.2) is 74.4 Å². The summed E-state index contributed by atoms with van der Waals surface area (Å²) in [6.45, 7) is 6.13. The molecule has 3 aliphatic rings. The number of benzene rings is 1. The number of hydrogen-bond donors (Lipinski definition) is 2. The van der Waals surface area contributed by atoms with Gasteiger partial charge in [0.15, 0.2) is 0 Å². The van der Waals surface area contributed by atoms with Crippen molar-refractivity contribution >= 4 is 52.5 Å². The summed E-state index contributed by atoms with van der Waals surface area (Å²) in [7, 11) is 3.08. The number of amides is 1. The second-order valence-corrected chi connectivity index (χ2v) is 9.41.